The summed E-state index contributed by atoms with van der Waals surface area (Å²) in [4.78, 5) is 26.1. The largest absolute Gasteiger partial charge is 0.384 e. The number of halogens is 2. The molecular formula is C18H16F2N2O2S2. The van der Waals surface area contributed by atoms with Crippen LogP contribution in [0.5, 0.6) is 0 Å². The standard InChI is InChI=1S/C18H16F2N2O2S2/c19-25-9-7-21-13-5-1-3-11-15(13)18(24)12-4-2-6-14(16(12)17(11)23)22-8-10-26-20/h1-6,21-22H,7-10H2. The van der Waals surface area contributed by atoms with Crippen molar-refractivity contribution in [3.05, 3.63) is 58.7 Å². The highest BCUT2D eigenvalue weighted by Crippen LogP contribution is 2.35. The zero-order valence-electron chi connectivity index (χ0n) is 13.7. The van der Waals surface area contributed by atoms with Gasteiger partial charge in [-0.15, -0.1) is 0 Å². The molecule has 0 spiro atoms. The van der Waals surface area contributed by atoms with Crippen molar-refractivity contribution in [1.29, 1.82) is 0 Å². The van der Waals surface area contributed by atoms with Gasteiger partial charge < -0.3 is 10.6 Å². The fraction of sp³-hybridized carbons (Fsp3) is 0.222. The summed E-state index contributed by atoms with van der Waals surface area (Å²) in [6.45, 7) is 0.683. The van der Waals surface area contributed by atoms with E-state index in [1.54, 1.807) is 36.4 Å². The first-order chi connectivity index (χ1) is 12.7. The number of anilines is 2. The Hall–Kier alpha value is -2.06. The van der Waals surface area contributed by atoms with E-state index in [-0.39, 0.29) is 47.4 Å². The third kappa shape index (κ3) is 3.57. The minimum absolute atomic E-state index is 0.209. The van der Waals surface area contributed by atoms with Crippen molar-refractivity contribution in [3.8, 4) is 0 Å². The van der Waals surface area contributed by atoms with Crippen LogP contribution in [-0.4, -0.2) is 36.2 Å². The van der Waals surface area contributed by atoms with Gasteiger partial charge in [0.25, 0.3) is 0 Å². The topological polar surface area (TPSA) is 58.2 Å². The van der Waals surface area contributed by atoms with Gasteiger partial charge in [0.05, 0.1) is 11.1 Å². The third-order valence-electron chi connectivity index (χ3n) is 4.06. The number of hydrogen-bond acceptors (Lipinski definition) is 6. The van der Waals surface area contributed by atoms with Crippen LogP contribution in [0.3, 0.4) is 0 Å². The normalized spacial score (nSPS) is 12.5. The van der Waals surface area contributed by atoms with Crippen molar-refractivity contribution in [2.24, 2.45) is 0 Å². The van der Waals surface area contributed by atoms with Crippen LogP contribution in [0.15, 0.2) is 36.4 Å². The molecule has 0 radical (unpaired) electrons. The average Bonchev–Trinajstić information content (AvgIpc) is 2.66. The van der Waals surface area contributed by atoms with Crippen LogP contribution in [0.4, 0.5) is 19.1 Å². The molecule has 2 N–H and O–H groups in total. The summed E-state index contributed by atoms with van der Waals surface area (Å²) < 4.78 is 24.5. The van der Waals surface area contributed by atoms with Gasteiger partial charge >= 0.3 is 0 Å². The Labute approximate surface area is 158 Å². The minimum atomic E-state index is -0.255. The molecule has 2 aromatic carbocycles. The molecule has 2 aromatic rings. The zero-order valence-corrected chi connectivity index (χ0v) is 15.3. The highest BCUT2D eigenvalue weighted by molar-refractivity contribution is 7.94. The van der Waals surface area contributed by atoms with Crippen molar-refractivity contribution in [3.63, 3.8) is 0 Å². The number of nitrogens with one attached hydrogen (secondary N) is 2. The van der Waals surface area contributed by atoms with Crippen LogP contribution in [0.1, 0.15) is 31.8 Å². The van der Waals surface area contributed by atoms with Gasteiger partial charge in [-0.25, -0.2) is 0 Å². The number of ketones is 2. The maximum absolute atomic E-state index is 13.0. The van der Waals surface area contributed by atoms with Crippen molar-refractivity contribution in [2.45, 2.75) is 0 Å². The predicted octanol–water partition coefficient (Wildman–Crippen LogP) is 4.52. The van der Waals surface area contributed by atoms with E-state index in [9.17, 15) is 17.4 Å². The van der Waals surface area contributed by atoms with Crippen molar-refractivity contribution >= 4 is 47.2 Å². The first-order valence-corrected chi connectivity index (χ1v) is 9.76. The molecule has 8 heteroatoms. The third-order valence-corrected chi connectivity index (χ3v) is 4.78. The molecule has 0 saturated heterocycles. The molecule has 0 atom stereocenters. The summed E-state index contributed by atoms with van der Waals surface area (Å²) in [5.74, 6) is -0.0326. The molecule has 26 heavy (non-hydrogen) atoms. The van der Waals surface area contributed by atoms with Gasteiger partial charge in [0, 0.05) is 71.4 Å². The number of carbonyl (C=O) groups is 2. The van der Waals surface area contributed by atoms with Gasteiger partial charge in [0.15, 0.2) is 11.6 Å². The molecule has 136 valence electrons. The molecule has 0 aromatic heterocycles. The number of carbonyl (C=O) groups excluding carboxylic acids is 2. The van der Waals surface area contributed by atoms with E-state index >= 15 is 0 Å². The lowest BCUT2D eigenvalue weighted by atomic mass is 9.82. The SMILES string of the molecule is O=C1c2cccc(NCCSF)c2C(=O)c2cccc(NCCSF)c21. The molecule has 0 amide bonds. The van der Waals surface area contributed by atoms with Crippen LogP contribution in [0.2, 0.25) is 0 Å². The minimum Gasteiger partial charge on any atom is -0.384 e. The van der Waals surface area contributed by atoms with Crippen LogP contribution >= 0.6 is 24.3 Å². The fourth-order valence-electron chi connectivity index (χ4n) is 2.98. The van der Waals surface area contributed by atoms with Crippen molar-refractivity contribution in [2.75, 3.05) is 35.2 Å². The first-order valence-electron chi connectivity index (χ1n) is 7.99. The second-order valence-electron chi connectivity index (χ2n) is 5.59. The number of rotatable bonds is 8. The Bertz CT molecular complexity index is 776. The monoisotopic (exact) mass is 394 g/mol. The number of hydrogen-bond donors (Lipinski definition) is 2. The lowest BCUT2D eigenvalue weighted by Gasteiger charge is -2.23. The molecule has 1 aliphatic carbocycles. The van der Waals surface area contributed by atoms with Gasteiger partial charge in [0.1, 0.15) is 0 Å². The second-order valence-corrected chi connectivity index (χ2v) is 6.85. The first kappa shape index (κ1) is 18.7. The molecule has 0 aliphatic heterocycles. The van der Waals surface area contributed by atoms with E-state index in [1.165, 1.54) is 0 Å². The summed E-state index contributed by atoms with van der Waals surface area (Å²) in [7, 11) is 0. The molecule has 0 fully saturated rings. The van der Waals surface area contributed by atoms with Crippen LogP contribution < -0.4 is 10.6 Å². The molecular weight excluding hydrogens is 378 g/mol. The quantitative estimate of drug-likeness (QED) is 0.548. The van der Waals surface area contributed by atoms with E-state index in [2.05, 4.69) is 10.6 Å². The van der Waals surface area contributed by atoms with Crippen LogP contribution in [0, 0.1) is 0 Å². The summed E-state index contributed by atoms with van der Waals surface area (Å²) in [6.07, 6.45) is 0. The van der Waals surface area contributed by atoms with E-state index in [4.69, 9.17) is 0 Å². The number of benzene rings is 2. The zero-order chi connectivity index (χ0) is 18.5. The van der Waals surface area contributed by atoms with E-state index in [0.717, 1.165) is 0 Å². The van der Waals surface area contributed by atoms with Gasteiger partial charge in [-0.05, 0) is 12.1 Å². The predicted molar refractivity (Wildman–Crippen MR) is 104 cm³/mol. The highest BCUT2D eigenvalue weighted by Gasteiger charge is 2.33. The van der Waals surface area contributed by atoms with Crippen LogP contribution in [-0.2, 0) is 0 Å². The van der Waals surface area contributed by atoms with E-state index in [0.29, 0.717) is 46.7 Å². The smallest absolute Gasteiger partial charge is 0.196 e. The molecule has 1 aliphatic rings. The maximum atomic E-state index is 13.0. The average molecular weight is 394 g/mol. The summed E-state index contributed by atoms with van der Waals surface area (Å²) >= 11 is 0.417. The Morgan fingerprint density at radius 3 is 1.54 bits per heavy atom. The second kappa shape index (κ2) is 8.55. The molecule has 0 heterocycles. The van der Waals surface area contributed by atoms with Gasteiger partial charge in [-0.3, -0.25) is 9.59 Å². The summed E-state index contributed by atoms with van der Waals surface area (Å²) in [5.41, 5.74) is 2.29. The molecule has 3 rings (SSSR count). The van der Waals surface area contributed by atoms with Crippen LogP contribution in [0.25, 0.3) is 0 Å². The van der Waals surface area contributed by atoms with Gasteiger partial charge in [-0.1, -0.05) is 24.3 Å². The maximum Gasteiger partial charge on any atom is 0.196 e. The molecule has 0 saturated carbocycles. The molecule has 4 nitrogen and oxygen atoms in total. The lowest BCUT2D eigenvalue weighted by Crippen LogP contribution is -2.24. The molecule has 0 bridgehead atoms. The lowest BCUT2D eigenvalue weighted by molar-refractivity contribution is 0.0980. The Balaban J connectivity index is 2.00. The van der Waals surface area contributed by atoms with E-state index < -0.39 is 0 Å². The van der Waals surface area contributed by atoms with Crippen molar-refractivity contribution < 1.29 is 17.4 Å². The van der Waals surface area contributed by atoms with Crippen molar-refractivity contribution in [1.82, 2.24) is 0 Å². The van der Waals surface area contributed by atoms with Gasteiger partial charge in [-0.2, -0.15) is 7.77 Å². The highest BCUT2D eigenvalue weighted by atomic mass is 32.2. The fourth-order valence-corrected chi connectivity index (χ4v) is 3.34. The Morgan fingerprint density at radius 2 is 1.15 bits per heavy atom. The Kier molecular flexibility index (Phi) is 6.16. The molecule has 0 unspecified atom stereocenters. The summed E-state index contributed by atoms with van der Waals surface area (Å²) in [5, 5.41) is 6.04. The van der Waals surface area contributed by atoms with E-state index in [1.807, 2.05) is 0 Å². The Morgan fingerprint density at radius 1 is 0.731 bits per heavy atom. The summed E-state index contributed by atoms with van der Waals surface area (Å²) in [6, 6.07) is 10.0. The number of fused-ring (bicyclic) bond motifs is 2. The van der Waals surface area contributed by atoms with Gasteiger partial charge in [0.2, 0.25) is 0 Å².